The summed E-state index contributed by atoms with van der Waals surface area (Å²) < 4.78 is 19.0. The molecule has 0 saturated carbocycles. The van der Waals surface area contributed by atoms with Crippen LogP contribution in [0.3, 0.4) is 0 Å². The number of rotatable bonds is 4. The van der Waals surface area contributed by atoms with Crippen molar-refractivity contribution in [2.45, 2.75) is 0 Å². The van der Waals surface area contributed by atoms with Crippen LogP contribution in [0.25, 0.3) is 0 Å². The predicted octanol–water partition coefficient (Wildman–Crippen LogP) is 3.19. The van der Waals surface area contributed by atoms with Crippen LogP contribution in [0.2, 0.25) is 0 Å². The number of nitrogen functional groups attached to an aromatic ring is 1. The third-order valence-electron chi connectivity index (χ3n) is 2.43. The molecule has 6 heteroatoms. The van der Waals surface area contributed by atoms with Gasteiger partial charge in [0.25, 0.3) is 5.91 Å². The average molecular weight is 339 g/mol. The fourth-order valence-corrected chi connectivity index (χ4v) is 1.88. The second-order valence-corrected chi connectivity index (χ2v) is 4.89. The number of anilines is 2. The Bertz CT molecular complexity index is 634. The zero-order valence-corrected chi connectivity index (χ0v) is 12.0. The summed E-state index contributed by atoms with van der Waals surface area (Å²) in [4.78, 5) is 11.7. The maximum atomic E-state index is 13.1. The standard InChI is InChI=1S/C14H12BrFN2O2/c15-12-5-4-9(16)6-13(12)18-14(19)8-20-11-3-1-2-10(17)7-11/h1-7H,8,17H2,(H,18,19). The minimum atomic E-state index is -0.430. The van der Waals surface area contributed by atoms with Crippen molar-refractivity contribution in [1.29, 1.82) is 0 Å². The lowest BCUT2D eigenvalue weighted by Crippen LogP contribution is -2.20. The summed E-state index contributed by atoms with van der Waals surface area (Å²) in [5.74, 6) is -0.322. The molecule has 0 aliphatic rings. The van der Waals surface area contributed by atoms with Crippen LogP contribution in [0.15, 0.2) is 46.9 Å². The van der Waals surface area contributed by atoms with E-state index in [2.05, 4.69) is 21.2 Å². The van der Waals surface area contributed by atoms with Crippen molar-refractivity contribution in [3.63, 3.8) is 0 Å². The lowest BCUT2D eigenvalue weighted by Gasteiger charge is -2.09. The molecule has 0 saturated heterocycles. The Labute approximate surface area is 123 Å². The number of hydrogen-bond acceptors (Lipinski definition) is 3. The van der Waals surface area contributed by atoms with Gasteiger partial charge >= 0.3 is 0 Å². The number of nitrogens with two attached hydrogens (primary N) is 1. The smallest absolute Gasteiger partial charge is 0.262 e. The van der Waals surface area contributed by atoms with E-state index in [4.69, 9.17) is 10.5 Å². The summed E-state index contributed by atoms with van der Waals surface area (Å²) in [5, 5.41) is 2.55. The molecule has 104 valence electrons. The van der Waals surface area contributed by atoms with E-state index in [1.165, 1.54) is 18.2 Å². The number of halogens is 2. The average Bonchev–Trinajstić information content (AvgIpc) is 2.41. The van der Waals surface area contributed by atoms with Gasteiger partial charge in [0, 0.05) is 16.2 Å². The van der Waals surface area contributed by atoms with Gasteiger partial charge < -0.3 is 15.8 Å². The molecule has 0 aliphatic heterocycles. The number of amides is 1. The molecule has 20 heavy (non-hydrogen) atoms. The van der Waals surface area contributed by atoms with E-state index in [9.17, 15) is 9.18 Å². The zero-order chi connectivity index (χ0) is 14.5. The highest BCUT2D eigenvalue weighted by Gasteiger charge is 2.07. The Morgan fingerprint density at radius 1 is 1.30 bits per heavy atom. The minimum Gasteiger partial charge on any atom is -0.484 e. The van der Waals surface area contributed by atoms with Crippen molar-refractivity contribution in [3.8, 4) is 5.75 Å². The van der Waals surface area contributed by atoms with Crippen LogP contribution < -0.4 is 15.8 Å². The van der Waals surface area contributed by atoms with Crippen LogP contribution in [0.4, 0.5) is 15.8 Å². The molecule has 0 radical (unpaired) electrons. The molecular weight excluding hydrogens is 327 g/mol. The van der Waals surface area contributed by atoms with Crippen molar-refractivity contribution < 1.29 is 13.9 Å². The molecule has 0 unspecified atom stereocenters. The van der Waals surface area contributed by atoms with Crippen molar-refractivity contribution >= 4 is 33.2 Å². The van der Waals surface area contributed by atoms with Crippen molar-refractivity contribution in [1.82, 2.24) is 0 Å². The van der Waals surface area contributed by atoms with Gasteiger partial charge in [0.15, 0.2) is 6.61 Å². The Morgan fingerprint density at radius 3 is 2.85 bits per heavy atom. The molecule has 0 atom stereocenters. The lowest BCUT2D eigenvalue weighted by atomic mass is 10.3. The molecule has 3 N–H and O–H groups in total. The van der Waals surface area contributed by atoms with Crippen LogP contribution in [-0.4, -0.2) is 12.5 Å². The first-order valence-electron chi connectivity index (χ1n) is 5.78. The predicted molar refractivity (Wildman–Crippen MR) is 79.1 cm³/mol. The number of benzene rings is 2. The van der Waals surface area contributed by atoms with Crippen LogP contribution in [0.5, 0.6) is 5.75 Å². The monoisotopic (exact) mass is 338 g/mol. The molecule has 2 aromatic rings. The first kappa shape index (κ1) is 14.3. The largest absolute Gasteiger partial charge is 0.484 e. The molecule has 2 aromatic carbocycles. The summed E-state index contributed by atoms with van der Waals surface area (Å²) in [6.45, 7) is -0.188. The molecule has 2 rings (SSSR count). The second-order valence-electron chi connectivity index (χ2n) is 4.03. The fraction of sp³-hybridized carbons (Fsp3) is 0.0714. The van der Waals surface area contributed by atoms with Crippen LogP contribution in [-0.2, 0) is 4.79 Å². The molecule has 0 aliphatic carbocycles. The van der Waals surface area contributed by atoms with Crippen LogP contribution in [0, 0.1) is 5.82 Å². The van der Waals surface area contributed by atoms with E-state index in [0.717, 1.165) is 0 Å². The van der Waals surface area contributed by atoms with Gasteiger partial charge in [-0.3, -0.25) is 4.79 Å². The Kier molecular flexibility index (Phi) is 4.57. The van der Waals surface area contributed by atoms with E-state index >= 15 is 0 Å². The number of nitrogens with one attached hydrogen (secondary N) is 1. The third-order valence-corrected chi connectivity index (χ3v) is 3.12. The maximum Gasteiger partial charge on any atom is 0.262 e. The fourth-order valence-electron chi connectivity index (χ4n) is 1.53. The maximum absolute atomic E-state index is 13.1. The summed E-state index contributed by atoms with van der Waals surface area (Å²) in [6.07, 6.45) is 0. The van der Waals surface area contributed by atoms with Gasteiger partial charge in [-0.1, -0.05) is 6.07 Å². The molecule has 0 spiro atoms. The van der Waals surface area contributed by atoms with E-state index in [1.807, 2.05) is 0 Å². The van der Waals surface area contributed by atoms with Gasteiger partial charge in [-0.25, -0.2) is 4.39 Å². The Hall–Kier alpha value is -2.08. The highest BCUT2D eigenvalue weighted by molar-refractivity contribution is 9.10. The molecule has 1 amide bonds. The lowest BCUT2D eigenvalue weighted by molar-refractivity contribution is -0.118. The topological polar surface area (TPSA) is 64.3 Å². The number of carbonyl (C=O) groups is 1. The van der Waals surface area contributed by atoms with Gasteiger partial charge in [0.2, 0.25) is 0 Å². The molecule has 0 heterocycles. The van der Waals surface area contributed by atoms with E-state index in [-0.39, 0.29) is 6.61 Å². The SMILES string of the molecule is Nc1cccc(OCC(=O)Nc2cc(F)ccc2Br)c1. The van der Waals surface area contributed by atoms with E-state index in [1.54, 1.807) is 24.3 Å². The van der Waals surface area contributed by atoms with Crippen molar-refractivity contribution in [3.05, 3.63) is 52.8 Å². The van der Waals surface area contributed by atoms with Gasteiger partial charge in [-0.2, -0.15) is 0 Å². The van der Waals surface area contributed by atoms with Gasteiger partial charge in [-0.15, -0.1) is 0 Å². The van der Waals surface area contributed by atoms with Crippen LogP contribution in [0.1, 0.15) is 0 Å². The molecule has 0 bridgehead atoms. The normalized spacial score (nSPS) is 10.1. The van der Waals surface area contributed by atoms with Crippen LogP contribution >= 0.6 is 15.9 Å². The number of ether oxygens (including phenoxy) is 1. The molecule has 0 fully saturated rings. The minimum absolute atomic E-state index is 0.188. The van der Waals surface area contributed by atoms with Crippen molar-refractivity contribution in [2.75, 3.05) is 17.7 Å². The quantitative estimate of drug-likeness (QED) is 0.841. The van der Waals surface area contributed by atoms with E-state index < -0.39 is 11.7 Å². The second kappa shape index (κ2) is 6.38. The van der Waals surface area contributed by atoms with Crippen molar-refractivity contribution in [2.24, 2.45) is 0 Å². The first-order chi connectivity index (χ1) is 9.54. The summed E-state index contributed by atoms with van der Waals surface area (Å²) >= 11 is 3.23. The highest BCUT2D eigenvalue weighted by atomic mass is 79.9. The summed E-state index contributed by atoms with van der Waals surface area (Å²) in [7, 11) is 0. The van der Waals surface area contributed by atoms with Gasteiger partial charge in [0.1, 0.15) is 11.6 Å². The summed E-state index contributed by atoms with van der Waals surface area (Å²) in [6, 6.07) is 10.8. The number of hydrogen-bond donors (Lipinski definition) is 2. The number of carbonyl (C=O) groups excluding carboxylic acids is 1. The van der Waals surface area contributed by atoms with Gasteiger partial charge in [-0.05, 0) is 46.3 Å². The Balaban J connectivity index is 1.94. The zero-order valence-electron chi connectivity index (χ0n) is 10.4. The Morgan fingerprint density at radius 2 is 2.10 bits per heavy atom. The summed E-state index contributed by atoms with van der Waals surface area (Å²) in [5.41, 5.74) is 6.50. The first-order valence-corrected chi connectivity index (χ1v) is 6.57. The highest BCUT2D eigenvalue weighted by Crippen LogP contribution is 2.23. The molecule has 0 aromatic heterocycles. The molecular formula is C14H12BrFN2O2. The third kappa shape index (κ3) is 3.96. The van der Waals surface area contributed by atoms with E-state index in [0.29, 0.717) is 21.6 Å². The molecule has 4 nitrogen and oxygen atoms in total. The van der Waals surface area contributed by atoms with Gasteiger partial charge in [0.05, 0.1) is 5.69 Å².